The molecule has 0 aliphatic carbocycles. The minimum absolute atomic E-state index is 0.0483. The van der Waals surface area contributed by atoms with E-state index in [9.17, 15) is 9.59 Å². The van der Waals surface area contributed by atoms with Gasteiger partial charge in [0.25, 0.3) is 5.91 Å². The number of pyridine rings is 1. The van der Waals surface area contributed by atoms with Gasteiger partial charge in [0.1, 0.15) is 5.69 Å². The number of carbonyl (C=O) groups excluding carboxylic acids is 2. The number of aryl methyl sites for hydroxylation is 1. The topological polar surface area (TPSA) is 62.7 Å². The average molecular weight is 388 g/mol. The van der Waals surface area contributed by atoms with Crippen molar-refractivity contribution >= 4 is 12.0 Å². The van der Waals surface area contributed by atoms with Crippen molar-refractivity contribution in [3.8, 4) is 0 Å². The van der Waals surface area contributed by atoms with E-state index in [2.05, 4.69) is 4.98 Å². The maximum atomic E-state index is 13.1. The summed E-state index contributed by atoms with van der Waals surface area (Å²) in [6.45, 7) is 8.68. The number of nitrogens with zero attached hydrogens (tertiary/aromatic N) is 3. The summed E-state index contributed by atoms with van der Waals surface area (Å²) in [7, 11) is 0. The van der Waals surface area contributed by atoms with Crippen LogP contribution in [0.2, 0.25) is 0 Å². The molecular weight excluding hydrogens is 354 g/mol. The smallest absolute Gasteiger partial charge is 0.409 e. The Hall–Kier alpha value is -2.11. The Bertz CT molecular complexity index is 683. The molecule has 2 aliphatic rings. The summed E-state index contributed by atoms with van der Waals surface area (Å²) < 4.78 is 5.37. The van der Waals surface area contributed by atoms with Crippen molar-refractivity contribution in [2.45, 2.75) is 58.9 Å². The predicted molar refractivity (Wildman–Crippen MR) is 108 cm³/mol. The standard InChI is InChI=1S/C22H33N3O3/c1-16(2)15-28-22(27)24-13-10-18(11-14-24)20-9-4-5-12-25(20)21(26)19-8-6-7-17(3)23-19/h6-8,16,18,20H,4-5,9-15H2,1-3H3. The number of likely N-dealkylation sites (tertiary alicyclic amines) is 2. The van der Waals surface area contributed by atoms with Crippen molar-refractivity contribution in [2.75, 3.05) is 26.2 Å². The summed E-state index contributed by atoms with van der Waals surface area (Å²) in [6, 6.07) is 5.88. The maximum Gasteiger partial charge on any atom is 0.409 e. The van der Waals surface area contributed by atoms with Crippen LogP contribution in [0.1, 0.15) is 62.1 Å². The Morgan fingerprint density at radius 1 is 1.14 bits per heavy atom. The molecule has 0 radical (unpaired) electrons. The van der Waals surface area contributed by atoms with Crippen LogP contribution in [0.3, 0.4) is 0 Å². The van der Waals surface area contributed by atoms with E-state index in [0.717, 1.165) is 44.3 Å². The van der Waals surface area contributed by atoms with E-state index in [0.29, 0.717) is 37.2 Å². The predicted octanol–water partition coefficient (Wildman–Crippen LogP) is 3.89. The fourth-order valence-corrected chi connectivity index (χ4v) is 4.30. The first-order valence-corrected chi connectivity index (χ1v) is 10.6. The lowest BCUT2D eigenvalue weighted by molar-refractivity contribution is 0.0355. The third-order valence-electron chi connectivity index (χ3n) is 5.80. The molecule has 154 valence electrons. The van der Waals surface area contributed by atoms with E-state index < -0.39 is 0 Å². The molecule has 6 nitrogen and oxygen atoms in total. The largest absolute Gasteiger partial charge is 0.449 e. The van der Waals surface area contributed by atoms with Crippen LogP contribution in [0.25, 0.3) is 0 Å². The molecule has 3 rings (SSSR count). The molecular formula is C22H33N3O3. The number of ether oxygens (including phenoxy) is 1. The lowest BCUT2D eigenvalue weighted by atomic mass is 9.83. The van der Waals surface area contributed by atoms with Crippen LogP contribution >= 0.6 is 0 Å². The molecule has 6 heteroatoms. The maximum absolute atomic E-state index is 13.1. The summed E-state index contributed by atoms with van der Waals surface area (Å²) in [5, 5.41) is 0. The Labute approximate surface area is 168 Å². The normalized spacial score (nSPS) is 21.1. The highest BCUT2D eigenvalue weighted by Gasteiger charge is 2.36. The molecule has 1 atom stereocenters. The second-order valence-electron chi connectivity index (χ2n) is 8.52. The van der Waals surface area contributed by atoms with Crippen LogP contribution in [-0.2, 0) is 4.74 Å². The van der Waals surface area contributed by atoms with E-state index in [1.54, 1.807) is 0 Å². The van der Waals surface area contributed by atoms with Gasteiger partial charge in [-0.05, 0) is 63.0 Å². The van der Waals surface area contributed by atoms with Crippen LogP contribution in [0.5, 0.6) is 0 Å². The summed E-state index contributed by atoms with van der Waals surface area (Å²) in [4.78, 5) is 33.6. The Morgan fingerprint density at radius 3 is 2.57 bits per heavy atom. The van der Waals surface area contributed by atoms with Gasteiger partial charge in [0.05, 0.1) is 6.61 Å². The van der Waals surface area contributed by atoms with Crippen LogP contribution in [-0.4, -0.2) is 59.1 Å². The molecule has 28 heavy (non-hydrogen) atoms. The molecule has 0 saturated carbocycles. The minimum atomic E-state index is -0.201. The van der Waals surface area contributed by atoms with E-state index in [1.807, 2.05) is 48.8 Å². The monoisotopic (exact) mass is 387 g/mol. The van der Waals surface area contributed by atoms with Gasteiger partial charge in [0.2, 0.25) is 0 Å². The van der Waals surface area contributed by atoms with Gasteiger partial charge in [-0.1, -0.05) is 19.9 Å². The van der Waals surface area contributed by atoms with E-state index in [-0.39, 0.29) is 18.0 Å². The molecule has 0 spiro atoms. The fraction of sp³-hybridized carbons (Fsp3) is 0.682. The Balaban J connectivity index is 1.60. The summed E-state index contributed by atoms with van der Waals surface area (Å²) in [5.41, 5.74) is 1.41. The number of hydrogen-bond donors (Lipinski definition) is 0. The van der Waals surface area contributed by atoms with Crippen molar-refractivity contribution in [3.05, 3.63) is 29.6 Å². The van der Waals surface area contributed by atoms with Gasteiger partial charge in [-0.25, -0.2) is 9.78 Å². The molecule has 2 amide bonds. The van der Waals surface area contributed by atoms with Crippen LogP contribution in [0.15, 0.2) is 18.2 Å². The van der Waals surface area contributed by atoms with Crippen molar-refractivity contribution in [3.63, 3.8) is 0 Å². The van der Waals surface area contributed by atoms with Gasteiger partial charge >= 0.3 is 6.09 Å². The second-order valence-corrected chi connectivity index (χ2v) is 8.52. The lowest BCUT2D eigenvalue weighted by Gasteiger charge is -2.43. The number of carbonyl (C=O) groups is 2. The third kappa shape index (κ3) is 5.03. The zero-order valence-electron chi connectivity index (χ0n) is 17.4. The number of aromatic nitrogens is 1. The van der Waals surface area contributed by atoms with E-state index in [4.69, 9.17) is 4.74 Å². The van der Waals surface area contributed by atoms with Crippen molar-refractivity contribution in [1.82, 2.24) is 14.8 Å². The van der Waals surface area contributed by atoms with Gasteiger partial charge in [0, 0.05) is 31.4 Å². The number of hydrogen-bond acceptors (Lipinski definition) is 4. The van der Waals surface area contributed by atoms with Crippen LogP contribution < -0.4 is 0 Å². The zero-order valence-corrected chi connectivity index (χ0v) is 17.4. The van der Waals surface area contributed by atoms with Gasteiger partial charge < -0.3 is 14.5 Å². The van der Waals surface area contributed by atoms with Gasteiger partial charge in [0.15, 0.2) is 0 Å². The molecule has 2 saturated heterocycles. The van der Waals surface area contributed by atoms with E-state index >= 15 is 0 Å². The molecule has 0 aromatic carbocycles. The first-order chi connectivity index (χ1) is 13.5. The average Bonchev–Trinajstić information content (AvgIpc) is 2.71. The molecule has 0 N–H and O–H groups in total. The van der Waals surface area contributed by atoms with Gasteiger partial charge in [-0.15, -0.1) is 0 Å². The van der Waals surface area contributed by atoms with Crippen LogP contribution in [0, 0.1) is 18.8 Å². The van der Waals surface area contributed by atoms with E-state index in [1.165, 1.54) is 0 Å². The molecule has 2 aliphatic heterocycles. The van der Waals surface area contributed by atoms with Crippen LogP contribution in [0.4, 0.5) is 4.79 Å². The molecule has 0 bridgehead atoms. The highest BCUT2D eigenvalue weighted by Crippen LogP contribution is 2.31. The molecule has 1 unspecified atom stereocenters. The van der Waals surface area contributed by atoms with Crippen molar-refractivity contribution < 1.29 is 14.3 Å². The first-order valence-electron chi connectivity index (χ1n) is 10.6. The second kappa shape index (κ2) is 9.39. The summed E-state index contributed by atoms with van der Waals surface area (Å²) in [6.07, 6.45) is 4.90. The Morgan fingerprint density at radius 2 is 1.89 bits per heavy atom. The number of rotatable bonds is 4. The minimum Gasteiger partial charge on any atom is -0.449 e. The Kier molecular flexibility index (Phi) is 6.92. The molecule has 2 fully saturated rings. The fourth-order valence-electron chi connectivity index (χ4n) is 4.30. The van der Waals surface area contributed by atoms with Crippen molar-refractivity contribution in [1.29, 1.82) is 0 Å². The highest BCUT2D eigenvalue weighted by molar-refractivity contribution is 5.92. The zero-order chi connectivity index (χ0) is 20.1. The molecule has 1 aromatic heterocycles. The number of piperidine rings is 2. The van der Waals surface area contributed by atoms with Crippen molar-refractivity contribution in [2.24, 2.45) is 11.8 Å². The first kappa shape index (κ1) is 20.6. The number of amides is 2. The highest BCUT2D eigenvalue weighted by atomic mass is 16.6. The molecule has 3 heterocycles. The lowest BCUT2D eigenvalue weighted by Crippen LogP contribution is -2.51. The summed E-state index contributed by atoms with van der Waals surface area (Å²) in [5.74, 6) is 0.828. The third-order valence-corrected chi connectivity index (χ3v) is 5.80. The van der Waals surface area contributed by atoms with Gasteiger partial charge in [-0.3, -0.25) is 4.79 Å². The summed E-state index contributed by atoms with van der Waals surface area (Å²) >= 11 is 0. The quantitative estimate of drug-likeness (QED) is 0.786. The van der Waals surface area contributed by atoms with Gasteiger partial charge in [-0.2, -0.15) is 0 Å². The SMILES string of the molecule is Cc1cccc(C(=O)N2CCCCC2C2CCN(C(=O)OCC(C)C)CC2)n1. The molecule has 1 aromatic rings.